The predicted molar refractivity (Wildman–Crippen MR) is 114 cm³/mol. The summed E-state index contributed by atoms with van der Waals surface area (Å²) in [5, 5.41) is 9.32. The van der Waals surface area contributed by atoms with Crippen LogP contribution in [0, 0.1) is 0 Å². The van der Waals surface area contributed by atoms with Gasteiger partial charge in [-0.2, -0.15) is 0 Å². The Morgan fingerprint density at radius 2 is 1.80 bits per heavy atom. The number of ether oxygens (including phenoxy) is 3. The third-order valence-corrected chi connectivity index (χ3v) is 5.24. The molecule has 0 radical (unpaired) electrons. The molecule has 0 amide bonds. The summed E-state index contributed by atoms with van der Waals surface area (Å²) in [7, 11) is 0. The lowest BCUT2D eigenvalue weighted by molar-refractivity contribution is -0.153. The van der Waals surface area contributed by atoms with Gasteiger partial charge in [-0.15, -0.1) is 0 Å². The SMILES string of the molecule is CC(C)OC(Cc1ccnc(OCCOc2ccc(C3CCCC3)cc2)c1)C(=O)O. The number of carboxylic acids is 1. The first-order chi connectivity index (χ1) is 14.5. The van der Waals surface area contributed by atoms with Gasteiger partial charge in [0.2, 0.25) is 5.88 Å². The largest absolute Gasteiger partial charge is 0.490 e. The summed E-state index contributed by atoms with van der Waals surface area (Å²) in [5.41, 5.74) is 2.20. The predicted octanol–water partition coefficient (Wildman–Crippen LogP) is 4.62. The number of carboxylic acid groups (broad SMARTS) is 1. The molecule has 2 aromatic rings. The van der Waals surface area contributed by atoms with Gasteiger partial charge in [-0.3, -0.25) is 0 Å². The number of nitrogens with zero attached hydrogens (tertiary/aromatic N) is 1. The Morgan fingerprint density at radius 1 is 1.10 bits per heavy atom. The van der Waals surface area contributed by atoms with Crippen LogP contribution in [0.25, 0.3) is 0 Å². The van der Waals surface area contributed by atoms with E-state index < -0.39 is 12.1 Å². The molecule has 1 atom stereocenters. The van der Waals surface area contributed by atoms with Crippen LogP contribution < -0.4 is 9.47 Å². The van der Waals surface area contributed by atoms with E-state index in [-0.39, 0.29) is 12.5 Å². The third kappa shape index (κ3) is 6.73. The molecule has 1 aliphatic carbocycles. The smallest absolute Gasteiger partial charge is 0.333 e. The molecule has 162 valence electrons. The van der Waals surface area contributed by atoms with Crippen molar-refractivity contribution in [1.82, 2.24) is 4.98 Å². The number of pyridine rings is 1. The van der Waals surface area contributed by atoms with Crippen LogP contribution in [0.4, 0.5) is 0 Å². The minimum atomic E-state index is -0.977. The summed E-state index contributed by atoms with van der Waals surface area (Å²) in [6.45, 7) is 4.40. The maximum atomic E-state index is 11.4. The molecule has 30 heavy (non-hydrogen) atoms. The van der Waals surface area contributed by atoms with E-state index >= 15 is 0 Å². The summed E-state index contributed by atoms with van der Waals surface area (Å²) in [6.07, 6.45) is 6.06. The van der Waals surface area contributed by atoms with Crippen molar-refractivity contribution in [2.24, 2.45) is 0 Å². The van der Waals surface area contributed by atoms with Gasteiger partial charge in [-0.1, -0.05) is 25.0 Å². The van der Waals surface area contributed by atoms with Crippen LogP contribution in [0.3, 0.4) is 0 Å². The first kappa shape index (κ1) is 22.1. The Hall–Kier alpha value is -2.60. The Balaban J connectivity index is 1.44. The second-order valence-corrected chi connectivity index (χ2v) is 7.97. The van der Waals surface area contributed by atoms with Crippen molar-refractivity contribution in [2.75, 3.05) is 13.2 Å². The van der Waals surface area contributed by atoms with E-state index in [0.29, 0.717) is 25.0 Å². The van der Waals surface area contributed by atoms with Gasteiger partial charge in [0.15, 0.2) is 6.10 Å². The molecule has 0 spiro atoms. The molecule has 1 N–H and O–H groups in total. The van der Waals surface area contributed by atoms with E-state index in [0.717, 1.165) is 11.3 Å². The molecular formula is C24H31NO5. The summed E-state index contributed by atoms with van der Waals surface area (Å²) < 4.78 is 16.9. The highest BCUT2D eigenvalue weighted by Crippen LogP contribution is 2.34. The van der Waals surface area contributed by atoms with Gasteiger partial charge in [-0.25, -0.2) is 9.78 Å². The number of aromatic nitrogens is 1. The van der Waals surface area contributed by atoms with Crippen molar-refractivity contribution in [3.05, 3.63) is 53.7 Å². The minimum absolute atomic E-state index is 0.159. The molecule has 1 unspecified atom stereocenters. The summed E-state index contributed by atoms with van der Waals surface area (Å²) in [5.74, 6) is 1.00. The topological polar surface area (TPSA) is 77.9 Å². The zero-order valence-corrected chi connectivity index (χ0v) is 17.8. The van der Waals surface area contributed by atoms with Gasteiger partial charge >= 0.3 is 5.97 Å². The molecule has 6 nitrogen and oxygen atoms in total. The average Bonchev–Trinajstić information content (AvgIpc) is 3.26. The highest BCUT2D eigenvalue weighted by molar-refractivity contribution is 5.72. The van der Waals surface area contributed by atoms with Crippen molar-refractivity contribution < 1.29 is 24.1 Å². The minimum Gasteiger partial charge on any atom is -0.490 e. The van der Waals surface area contributed by atoms with Crippen LogP contribution in [-0.2, 0) is 16.0 Å². The fourth-order valence-corrected chi connectivity index (χ4v) is 3.79. The van der Waals surface area contributed by atoms with Crippen molar-refractivity contribution in [3.8, 4) is 11.6 Å². The van der Waals surface area contributed by atoms with Crippen molar-refractivity contribution >= 4 is 5.97 Å². The molecule has 0 bridgehead atoms. The molecule has 0 aliphatic heterocycles. The van der Waals surface area contributed by atoms with Gasteiger partial charge in [0.05, 0.1) is 6.10 Å². The Kier molecular flexibility index (Phi) is 8.08. The lowest BCUT2D eigenvalue weighted by Gasteiger charge is -2.16. The normalized spacial score (nSPS) is 15.3. The van der Waals surface area contributed by atoms with Gasteiger partial charge in [-0.05, 0) is 61.9 Å². The Morgan fingerprint density at radius 3 is 2.47 bits per heavy atom. The van der Waals surface area contributed by atoms with Gasteiger partial charge < -0.3 is 19.3 Å². The standard InChI is InChI=1S/C24H31NO5/c1-17(2)30-22(24(26)27)15-18-11-12-25-23(16-18)29-14-13-28-21-9-7-20(8-10-21)19-5-3-4-6-19/h7-12,16-17,19,22H,3-6,13-15H2,1-2H3,(H,26,27). The van der Waals surface area contributed by atoms with Crippen LogP contribution in [0.2, 0.25) is 0 Å². The van der Waals surface area contributed by atoms with Crippen LogP contribution in [0.15, 0.2) is 42.6 Å². The fraction of sp³-hybridized carbons (Fsp3) is 0.500. The number of hydrogen-bond acceptors (Lipinski definition) is 5. The number of rotatable bonds is 11. The summed E-state index contributed by atoms with van der Waals surface area (Å²) >= 11 is 0. The van der Waals surface area contributed by atoms with Crippen LogP contribution >= 0.6 is 0 Å². The molecule has 0 saturated heterocycles. The molecule has 1 aromatic carbocycles. The van der Waals surface area contributed by atoms with Gasteiger partial charge in [0, 0.05) is 18.7 Å². The number of hydrogen-bond donors (Lipinski definition) is 1. The fourth-order valence-electron chi connectivity index (χ4n) is 3.79. The van der Waals surface area contributed by atoms with E-state index in [1.807, 2.05) is 26.0 Å². The van der Waals surface area contributed by atoms with E-state index in [2.05, 4.69) is 17.1 Å². The number of aliphatic carboxylic acids is 1. The maximum Gasteiger partial charge on any atom is 0.333 e. The highest BCUT2D eigenvalue weighted by atomic mass is 16.5. The molecule has 1 aromatic heterocycles. The third-order valence-electron chi connectivity index (χ3n) is 5.24. The van der Waals surface area contributed by atoms with E-state index in [1.165, 1.54) is 31.2 Å². The second-order valence-electron chi connectivity index (χ2n) is 7.97. The zero-order valence-electron chi connectivity index (χ0n) is 17.8. The quantitative estimate of drug-likeness (QED) is 0.542. The van der Waals surface area contributed by atoms with Crippen LogP contribution in [0.5, 0.6) is 11.6 Å². The molecule has 1 heterocycles. The molecule has 1 saturated carbocycles. The van der Waals surface area contributed by atoms with Crippen molar-refractivity contribution in [1.29, 1.82) is 0 Å². The molecule has 1 aliphatic rings. The van der Waals surface area contributed by atoms with Gasteiger partial charge in [0.25, 0.3) is 0 Å². The van der Waals surface area contributed by atoms with E-state index in [1.54, 1.807) is 18.3 Å². The Labute approximate surface area is 178 Å². The van der Waals surface area contributed by atoms with E-state index in [4.69, 9.17) is 14.2 Å². The number of benzene rings is 1. The second kappa shape index (κ2) is 11.0. The molecule has 6 heteroatoms. The lowest BCUT2D eigenvalue weighted by atomic mass is 9.98. The maximum absolute atomic E-state index is 11.4. The number of carbonyl (C=O) groups is 1. The molecule has 1 fully saturated rings. The molecular weight excluding hydrogens is 382 g/mol. The van der Waals surface area contributed by atoms with Gasteiger partial charge in [0.1, 0.15) is 19.0 Å². The average molecular weight is 414 g/mol. The van der Waals surface area contributed by atoms with Crippen LogP contribution in [0.1, 0.15) is 56.6 Å². The lowest BCUT2D eigenvalue weighted by Crippen LogP contribution is -2.29. The Bertz CT molecular complexity index is 799. The first-order valence-electron chi connectivity index (χ1n) is 10.7. The van der Waals surface area contributed by atoms with Crippen LogP contribution in [-0.4, -0.2) is 41.5 Å². The summed E-state index contributed by atoms with van der Waals surface area (Å²) in [4.78, 5) is 15.6. The van der Waals surface area contributed by atoms with Crippen molar-refractivity contribution in [2.45, 2.75) is 64.1 Å². The first-order valence-corrected chi connectivity index (χ1v) is 10.7. The molecule has 3 rings (SSSR count). The van der Waals surface area contributed by atoms with Crippen molar-refractivity contribution in [3.63, 3.8) is 0 Å². The summed E-state index contributed by atoms with van der Waals surface area (Å²) in [6, 6.07) is 11.9. The zero-order chi connectivity index (χ0) is 21.3. The highest BCUT2D eigenvalue weighted by Gasteiger charge is 2.20. The monoisotopic (exact) mass is 413 g/mol. The van der Waals surface area contributed by atoms with E-state index in [9.17, 15) is 9.90 Å².